The number of ether oxygens (including phenoxy) is 1. The third-order valence-corrected chi connectivity index (χ3v) is 2.09. The molecule has 1 aromatic carbocycles. The molecule has 0 bridgehead atoms. The van der Waals surface area contributed by atoms with Crippen LogP contribution in [0, 0.1) is 0 Å². The topological polar surface area (TPSA) is 26.3 Å². The summed E-state index contributed by atoms with van der Waals surface area (Å²) in [5.74, 6) is 0.600. The smallest absolute Gasteiger partial charge is 0.146 e. The van der Waals surface area contributed by atoms with Gasteiger partial charge < -0.3 is 4.74 Å². The van der Waals surface area contributed by atoms with Gasteiger partial charge >= 0.3 is 0 Å². The van der Waals surface area contributed by atoms with Crippen molar-refractivity contribution < 1.29 is 9.53 Å². The standard InChI is InChI=1S/C12H14O2/c1-3-10-4-6-11(7-5-10)12(14-2)8-9-13/h4-9H,3H2,1-2H3/b12-8-. The third-order valence-electron chi connectivity index (χ3n) is 2.09. The average Bonchev–Trinajstić information content (AvgIpc) is 2.26. The fraction of sp³-hybridized carbons (Fsp3) is 0.250. The summed E-state index contributed by atoms with van der Waals surface area (Å²) in [5.41, 5.74) is 2.20. The Labute approximate surface area is 84.2 Å². The lowest BCUT2D eigenvalue weighted by Gasteiger charge is -2.05. The molecule has 0 atom stereocenters. The van der Waals surface area contributed by atoms with Gasteiger partial charge in [0.05, 0.1) is 7.11 Å². The van der Waals surface area contributed by atoms with E-state index in [1.54, 1.807) is 7.11 Å². The van der Waals surface area contributed by atoms with E-state index in [1.807, 2.05) is 24.3 Å². The fourth-order valence-electron chi connectivity index (χ4n) is 1.25. The molecule has 0 aliphatic rings. The molecule has 2 heteroatoms. The Hall–Kier alpha value is -1.57. The van der Waals surface area contributed by atoms with Crippen molar-refractivity contribution in [3.8, 4) is 0 Å². The van der Waals surface area contributed by atoms with Gasteiger partial charge in [-0.05, 0) is 12.0 Å². The zero-order chi connectivity index (χ0) is 10.4. The van der Waals surface area contributed by atoms with Crippen LogP contribution in [0.1, 0.15) is 18.1 Å². The summed E-state index contributed by atoms with van der Waals surface area (Å²) in [7, 11) is 1.56. The molecule has 0 spiro atoms. The molecule has 0 aliphatic heterocycles. The van der Waals surface area contributed by atoms with Crippen molar-refractivity contribution >= 4 is 12.0 Å². The van der Waals surface area contributed by atoms with Crippen molar-refractivity contribution in [1.82, 2.24) is 0 Å². The zero-order valence-electron chi connectivity index (χ0n) is 8.49. The van der Waals surface area contributed by atoms with Gasteiger partial charge in [-0.1, -0.05) is 31.2 Å². The maximum atomic E-state index is 10.3. The van der Waals surface area contributed by atoms with E-state index < -0.39 is 0 Å². The maximum Gasteiger partial charge on any atom is 0.146 e. The number of rotatable bonds is 4. The summed E-state index contributed by atoms with van der Waals surface area (Å²) in [6, 6.07) is 7.98. The van der Waals surface area contributed by atoms with E-state index in [-0.39, 0.29) is 0 Å². The van der Waals surface area contributed by atoms with Gasteiger partial charge in [0.1, 0.15) is 12.0 Å². The Morgan fingerprint density at radius 2 is 2.00 bits per heavy atom. The SMILES string of the molecule is CCc1ccc(/C(=C/C=O)OC)cc1. The minimum Gasteiger partial charge on any atom is -0.496 e. The number of hydrogen-bond acceptors (Lipinski definition) is 2. The van der Waals surface area contributed by atoms with Gasteiger partial charge in [0.2, 0.25) is 0 Å². The van der Waals surface area contributed by atoms with E-state index in [0.29, 0.717) is 5.76 Å². The van der Waals surface area contributed by atoms with Crippen molar-refractivity contribution in [2.24, 2.45) is 0 Å². The van der Waals surface area contributed by atoms with Gasteiger partial charge in [0.25, 0.3) is 0 Å². The van der Waals surface area contributed by atoms with E-state index in [9.17, 15) is 4.79 Å². The maximum absolute atomic E-state index is 10.3. The van der Waals surface area contributed by atoms with Crippen LogP contribution >= 0.6 is 0 Å². The molecule has 14 heavy (non-hydrogen) atoms. The minimum absolute atomic E-state index is 0.600. The molecule has 0 amide bonds. The van der Waals surface area contributed by atoms with Gasteiger partial charge in [0.15, 0.2) is 0 Å². The van der Waals surface area contributed by atoms with E-state index in [0.717, 1.165) is 18.3 Å². The Balaban J connectivity index is 2.95. The molecule has 1 aromatic rings. The number of aldehydes is 1. The fourth-order valence-corrected chi connectivity index (χ4v) is 1.25. The first-order valence-corrected chi connectivity index (χ1v) is 4.60. The summed E-state index contributed by atoms with van der Waals surface area (Å²) >= 11 is 0. The molecule has 0 aliphatic carbocycles. The monoisotopic (exact) mass is 190 g/mol. The molecule has 2 nitrogen and oxygen atoms in total. The minimum atomic E-state index is 0.600. The molecule has 0 fully saturated rings. The molecule has 0 aromatic heterocycles. The van der Waals surface area contributed by atoms with Crippen LogP contribution in [0.25, 0.3) is 5.76 Å². The van der Waals surface area contributed by atoms with Crippen LogP contribution in [0.3, 0.4) is 0 Å². The number of benzene rings is 1. The van der Waals surface area contributed by atoms with Crippen molar-refractivity contribution in [1.29, 1.82) is 0 Å². The van der Waals surface area contributed by atoms with Crippen LogP contribution in [0.4, 0.5) is 0 Å². The van der Waals surface area contributed by atoms with Gasteiger partial charge in [-0.15, -0.1) is 0 Å². The second-order valence-electron chi connectivity index (χ2n) is 2.92. The van der Waals surface area contributed by atoms with Crippen molar-refractivity contribution in [2.45, 2.75) is 13.3 Å². The number of allylic oxidation sites excluding steroid dienone is 1. The largest absolute Gasteiger partial charge is 0.496 e. The van der Waals surface area contributed by atoms with Crippen molar-refractivity contribution in [3.63, 3.8) is 0 Å². The molecule has 0 radical (unpaired) electrons. The van der Waals surface area contributed by atoms with E-state index in [4.69, 9.17) is 4.74 Å². The second kappa shape index (κ2) is 5.22. The summed E-state index contributed by atoms with van der Waals surface area (Å²) in [5, 5.41) is 0. The number of aryl methyl sites for hydroxylation is 1. The Morgan fingerprint density at radius 1 is 1.36 bits per heavy atom. The van der Waals surface area contributed by atoms with E-state index >= 15 is 0 Å². The predicted octanol–water partition coefficient (Wildman–Crippen LogP) is 2.44. The molecular formula is C12H14O2. The number of hydrogen-bond donors (Lipinski definition) is 0. The lowest BCUT2D eigenvalue weighted by Crippen LogP contribution is -1.89. The molecular weight excluding hydrogens is 176 g/mol. The van der Waals surface area contributed by atoms with Crippen molar-refractivity contribution in [3.05, 3.63) is 41.5 Å². The zero-order valence-corrected chi connectivity index (χ0v) is 8.49. The van der Waals surface area contributed by atoms with Gasteiger partial charge in [-0.3, -0.25) is 4.79 Å². The molecule has 0 heterocycles. The van der Waals surface area contributed by atoms with Crippen LogP contribution in [-0.2, 0) is 16.0 Å². The number of methoxy groups -OCH3 is 1. The number of carbonyl (C=O) groups excluding carboxylic acids is 1. The van der Waals surface area contributed by atoms with Crippen LogP contribution in [0.2, 0.25) is 0 Å². The van der Waals surface area contributed by atoms with Crippen LogP contribution in [0.5, 0.6) is 0 Å². The average molecular weight is 190 g/mol. The highest BCUT2D eigenvalue weighted by Gasteiger charge is 1.99. The molecule has 0 saturated carbocycles. The van der Waals surface area contributed by atoms with Crippen LogP contribution in [0.15, 0.2) is 30.3 Å². The van der Waals surface area contributed by atoms with Gasteiger partial charge in [0, 0.05) is 11.6 Å². The first-order chi connectivity index (χ1) is 6.81. The molecule has 0 N–H and O–H groups in total. The Bertz CT molecular complexity index is 323. The number of carbonyl (C=O) groups is 1. The quantitative estimate of drug-likeness (QED) is 0.414. The predicted molar refractivity (Wildman–Crippen MR) is 56.9 cm³/mol. The molecule has 0 unspecified atom stereocenters. The highest BCUT2D eigenvalue weighted by Crippen LogP contribution is 2.15. The molecule has 0 saturated heterocycles. The van der Waals surface area contributed by atoms with Gasteiger partial charge in [-0.2, -0.15) is 0 Å². The Kier molecular flexibility index (Phi) is 3.92. The lowest BCUT2D eigenvalue weighted by molar-refractivity contribution is -0.104. The molecule has 74 valence electrons. The van der Waals surface area contributed by atoms with Crippen molar-refractivity contribution in [2.75, 3.05) is 7.11 Å². The normalized spacial score (nSPS) is 11.1. The first kappa shape index (κ1) is 10.5. The van der Waals surface area contributed by atoms with Crippen LogP contribution < -0.4 is 0 Å². The lowest BCUT2D eigenvalue weighted by atomic mass is 10.1. The highest BCUT2D eigenvalue weighted by atomic mass is 16.5. The molecule has 1 rings (SSSR count). The second-order valence-corrected chi connectivity index (χ2v) is 2.92. The van der Waals surface area contributed by atoms with Crippen LogP contribution in [-0.4, -0.2) is 13.4 Å². The highest BCUT2D eigenvalue weighted by molar-refractivity contribution is 5.78. The summed E-state index contributed by atoms with van der Waals surface area (Å²) < 4.78 is 5.08. The summed E-state index contributed by atoms with van der Waals surface area (Å²) in [6.45, 7) is 2.10. The van der Waals surface area contributed by atoms with E-state index in [2.05, 4.69) is 6.92 Å². The summed E-state index contributed by atoms with van der Waals surface area (Å²) in [6.07, 6.45) is 3.16. The third kappa shape index (κ3) is 2.46. The van der Waals surface area contributed by atoms with Gasteiger partial charge in [-0.25, -0.2) is 0 Å². The van der Waals surface area contributed by atoms with E-state index in [1.165, 1.54) is 11.6 Å². The summed E-state index contributed by atoms with van der Waals surface area (Å²) in [4.78, 5) is 10.3. The first-order valence-electron chi connectivity index (χ1n) is 4.60. The Morgan fingerprint density at radius 3 is 2.43 bits per heavy atom.